The van der Waals surface area contributed by atoms with Crippen molar-refractivity contribution in [3.8, 4) is 6.07 Å². The summed E-state index contributed by atoms with van der Waals surface area (Å²) in [5.41, 5.74) is 0. The molecule has 0 bridgehead atoms. The van der Waals surface area contributed by atoms with Crippen molar-refractivity contribution in [1.29, 1.82) is 5.26 Å². The minimum atomic E-state index is -0.115. The highest BCUT2D eigenvalue weighted by molar-refractivity contribution is 8.01. The van der Waals surface area contributed by atoms with Gasteiger partial charge in [-0.3, -0.25) is 0 Å². The monoisotopic (exact) mass is 203 g/mol. The fourth-order valence-corrected chi connectivity index (χ4v) is 3.14. The van der Waals surface area contributed by atoms with E-state index in [4.69, 9.17) is 5.26 Å². The molecule has 72 valence electrons. The molecule has 0 N–H and O–H groups in total. The molecular weight excluding hydrogens is 190 g/mol. The lowest BCUT2D eigenvalue weighted by atomic mass is 10.3. The number of nitrogens with zero attached hydrogens (tertiary/aromatic N) is 1. The topological polar surface area (TPSA) is 23.8 Å². The Bertz CT molecular complexity index is 354. The van der Waals surface area contributed by atoms with Gasteiger partial charge in [0.05, 0.1) is 6.07 Å². The third-order valence-electron chi connectivity index (χ3n) is 2.77. The Morgan fingerprint density at radius 2 is 2.21 bits per heavy atom. The lowest BCUT2D eigenvalue weighted by Gasteiger charge is -2.06. The number of thioether (sulfide) groups is 1. The van der Waals surface area contributed by atoms with Crippen LogP contribution >= 0.6 is 11.8 Å². The maximum Gasteiger partial charge on any atom is 0.110 e. The van der Waals surface area contributed by atoms with Crippen LogP contribution < -0.4 is 0 Å². The van der Waals surface area contributed by atoms with Crippen LogP contribution in [0, 0.1) is 17.2 Å². The van der Waals surface area contributed by atoms with E-state index in [1.54, 1.807) is 11.8 Å². The normalized spacial score (nSPS) is 29.6. The molecular formula is C12H13NS. The molecule has 0 aliphatic heterocycles. The van der Waals surface area contributed by atoms with Crippen LogP contribution in [-0.4, -0.2) is 4.75 Å². The van der Waals surface area contributed by atoms with E-state index < -0.39 is 0 Å². The number of rotatable bonds is 3. The molecule has 0 radical (unpaired) electrons. The summed E-state index contributed by atoms with van der Waals surface area (Å²) in [4.78, 5) is 1.21. The Hall–Kier alpha value is -0.940. The molecule has 1 aromatic rings. The smallest absolute Gasteiger partial charge is 0.110 e. The first-order valence-electron chi connectivity index (χ1n) is 4.96. The van der Waals surface area contributed by atoms with Crippen molar-refractivity contribution >= 4 is 11.8 Å². The van der Waals surface area contributed by atoms with Gasteiger partial charge in [-0.05, 0) is 24.5 Å². The summed E-state index contributed by atoms with van der Waals surface area (Å²) in [6, 6.07) is 12.7. The van der Waals surface area contributed by atoms with Gasteiger partial charge >= 0.3 is 0 Å². The van der Waals surface area contributed by atoms with Gasteiger partial charge in [0, 0.05) is 4.90 Å². The van der Waals surface area contributed by atoms with Crippen molar-refractivity contribution in [2.75, 3.05) is 0 Å². The van der Waals surface area contributed by atoms with E-state index in [1.165, 1.54) is 4.90 Å². The van der Waals surface area contributed by atoms with Crippen LogP contribution in [0.1, 0.15) is 19.8 Å². The largest absolute Gasteiger partial charge is 0.197 e. The minimum absolute atomic E-state index is 0.115. The van der Waals surface area contributed by atoms with E-state index in [0.29, 0.717) is 5.92 Å². The Morgan fingerprint density at radius 1 is 1.50 bits per heavy atom. The zero-order valence-electron chi connectivity index (χ0n) is 8.23. The summed E-state index contributed by atoms with van der Waals surface area (Å²) in [6.45, 7) is 2.16. The van der Waals surface area contributed by atoms with Crippen molar-refractivity contribution in [3.63, 3.8) is 0 Å². The van der Waals surface area contributed by atoms with Gasteiger partial charge in [-0.2, -0.15) is 5.26 Å². The predicted octanol–water partition coefficient (Wildman–Crippen LogP) is 3.47. The first-order valence-corrected chi connectivity index (χ1v) is 5.77. The maximum absolute atomic E-state index is 9.15. The fraction of sp³-hybridized carbons (Fsp3) is 0.417. The summed E-state index contributed by atoms with van der Waals surface area (Å²) in [6.07, 6.45) is 2.17. The zero-order chi connectivity index (χ0) is 10.0. The van der Waals surface area contributed by atoms with Crippen molar-refractivity contribution < 1.29 is 0 Å². The Morgan fingerprint density at radius 3 is 2.71 bits per heavy atom. The molecule has 2 atom stereocenters. The van der Waals surface area contributed by atoms with E-state index >= 15 is 0 Å². The van der Waals surface area contributed by atoms with Crippen LogP contribution in [0.2, 0.25) is 0 Å². The van der Waals surface area contributed by atoms with Crippen molar-refractivity contribution in [1.82, 2.24) is 0 Å². The highest BCUT2D eigenvalue weighted by Crippen LogP contribution is 2.57. The van der Waals surface area contributed by atoms with E-state index in [0.717, 1.165) is 12.8 Å². The Kier molecular flexibility index (Phi) is 2.52. The predicted molar refractivity (Wildman–Crippen MR) is 59.0 cm³/mol. The van der Waals surface area contributed by atoms with E-state index in [1.807, 2.05) is 18.2 Å². The number of hydrogen-bond acceptors (Lipinski definition) is 2. The summed E-state index contributed by atoms with van der Waals surface area (Å²) >= 11 is 1.73. The third kappa shape index (κ3) is 1.65. The lowest BCUT2D eigenvalue weighted by molar-refractivity contribution is 0.776. The standard InChI is InChI=1S/C12H13NS/c1-2-10-8-12(10,9-13)14-11-6-4-3-5-7-11/h3-7,10H,2,8H2,1H3. The second-order valence-corrected chi connectivity index (χ2v) is 5.13. The molecule has 2 rings (SSSR count). The molecule has 1 aromatic carbocycles. The van der Waals surface area contributed by atoms with Crippen LogP contribution in [0.25, 0.3) is 0 Å². The maximum atomic E-state index is 9.15. The van der Waals surface area contributed by atoms with Crippen LogP contribution in [0.4, 0.5) is 0 Å². The van der Waals surface area contributed by atoms with Crippen molar-refractivity contribution in [2.24, 2.45) is 5.92 Å². The zero-order valence-corrected chi connectivity index (χ0v) is 9.05. The summed E-state index contributed by atoms with van der Waals surface area (Å²) in [5, 5.41) is 9.15. The van der Waals surface area contributed by atoms with Gasteiger partial charge in [0.2, 0.25) is 0 Å². The molecule has 0 saturated heterocycles. The fourth-order valence-electron chi connectivity index (χ4n) is 1.76. The van der Waals surface area contributed by atoms with Gasteiger partial charge in [-0.15, -0.1) is 11.8 Å². The third-order valence-corrected chi connectivity index (χ3v) is 4.24. The quantitative estimate of drug-likeness (QED) is 0.751. The summed E-state index contributed by atoms with van der Waals surface area (Å²) in [7, 11) is 0. The van der Waals surface area contributed by atoms with Gasteiger partial charge in [0.1, 0.15) is 4.75 Å². The number of hydrogen-bond donors (Lipinski definition) is 0. The second-order valence-electron chi connectivity index (χ2n) is 3.73. The van der Waals surface area contributed by atoms with Crippen molar-refractivity contribution in [3.05, 3.63) is 30.3 Å². The first kappa shape index (κ1) is 9.61. The minimum Gasteiger partial charge on any atom is -0.197 e. The summed E-state index contributed by atoms with van der Waals surface area (Å²) < 4.78 is -0.115. The van der Waals surface area contributed by atoms with E-state index in [9.17, 15) is 0 Å². The van der Waals surface area contributed by atoms with Crippen LogP contribution in [0.3, 0.4) is 0 Å². The molecule has 1 fully saturated rings. The molecule has 0 heterocycles. The van der Waals surface area contributed by atoms with Crippen LogP contribution in [0.15, 0.2) is 35.2 Å². The number of nitriles is 1. The van der Waals surface area contributed by atoms with Gasteiger partial charge in [0.15, 0.2) is 0 Å². The Labute approximate surface area is 89.1 Å². The molecule has 0 aromatic heterocycles. The molecule has 1 saturated carbocycles. The molecule has 1 nitrogen and oxygen atoms in total. The molecule has 2 heteroatoms. The molecule has 1 aliphatic carbocycles. The second kappa shape index (κ2) is 3.67. The highest BCUT2D eigenvalue weighted by atomic mass is 32.2. The average Bonchev–Trinajstić information content (AvgIpc) is 2.94. The molecule has 0 spiro atoms. The lowest BCUT2D eigenvalue weighted by Crippen LogP contribution is -2.01. The van der Waals surface area contributed by atoms with Crippen LogP contribution in [0.5, 0.6) is 0 Å². The molecule has 2 unspecified atom stereocenters. The van der Waals surface area contributed by atoms with Gasteiger partial charge in [0.25, 0.3) is 0 Å². The molecule has 1 aliphatic rings. The van der Waals surface area contributed by atoms with Gasteiger partial charge in [-0.1, -0.05) is 31.5 Å². The van der Waals surface area contributed by atoms with E-state index in [-0.39, 0.29) is 4.75 Å². The average molecular weight is 203 g/mol. The molecule has 0 amide bonds. The SMILES string of the molecule is CCC1CC1(C#N)Sc1ccccc1. The number of benzene rings is 1. The molecule has 14 heavy (non-hydrogen) atoms. The van der Waals surface area contributed by atoms with Crippen LogP contribution in [-0.2, 0) is 0 Å². The summed E-state index contributed by atoms with van der Waals surface area (Å²) in [5.74, 6) is 0.595. The van der Waals surface area contributed by atoms with Crippen molar-refractivity contribution in [2.45, 2.75) is 29.4 Å². The van der Waals surface area contributed by atoms with Gasteiger partial charge in [-0.25, -0.2) is 0 Å². The highest BCUT2D eigenvalue weighted by Gasteiger charge is 2.54. The van der Waals surface area contributed by atoms with E-state index in [2.05, 4.69) is 25.1 Å². The first-order chi connectivity index (χ1) is 6.80. The van der Waals surface area contributed by atoms with Gasteiger partial charge < -0.3 is 0 Å². The Balaban J connectivity index is 2.09.